The maximum Gasteiger partial charge on any atom is 0.328 e. The van der Waals surface area contributed by atoms with Gasteiger partial charge in [0.15, 0.2) is 0 Å². The molecule has 4 heteroatoms. The van der Waals surface area contributed by atoms with E-state index in [1.165, 1.54) is 0 Å². The summed E-state index contributed by atoms with van der Waals surface area (Å²) in [4.78, 5) is 16.9. The van der Waals surface area contributed by atoms with Crippen molar-refractivity contribution in [3.63, 3.8) is 0 Å². The molecule has 1 rings (SSSR count). The highest BCUT2D eigenvalue weighted by Gasteiger charge is 2.30. The summed E-state index contributed by atoms with van der Waals surface area (Å²) in [6, 6.07) is 9.48. The van der Waals surface area contributed by atoms with Crippen molar-refractivity contribution >= 4 is 5.97 Å². The van der Waals surface area contributed by atoms with Crippen molar-refractivity contribution in [2.45, 2.75) is 38.8 Å². The zero-order chi connectivity index (χ0) is 16.8. The molecule has 4 nitrogen and oxygen atoms in total. The van der Waals surface area contributed by atoms with Gasteiger partial charge in [0.25, 0.3) is 0 Å². The van der Waals surface area contributed by atoms with Gasteiger partial charge in [-0.3, -0.25) is 4.90 Å². The van der Waals surface area contributed by atoms with Crippen molar-refractivity contribution in [3.05, 3.63) is 35.9 Å². The molecule has 0 aliphatic carbocycles. The molecule has 0 spiro atoms. The molecule has 124 valence electrons. The van der Waals surface area contributed by atoms with Crippen LogP contribution in [-0.4, -0.2) is 55.6 Å². The Balaban J connectivity index is 2.94. The van der Waals surface area contributed by atoms with Gasteiger partial charge < -0.3 is 9.64 Å². The van der Waals surface area contributed by atoms with Crippen LogP contribution in [0.4, 0.5) is 0 Å². The molecule has 1 aromatic rings. The molecule has 0 aliphatic rings. The molecule has 22 heavy (non-hydrogen) atoms. The normalized spacial score (nSPS) is 13.5. The summed E-state index contributed by atoms with van der Waals surface area (Å²) < 4.78 is 5.74. The van der Waals surface area contributed by atoms with Crippen LogP contribution in [0.3, 0.4) is 0 Å². The number of rotatable bonds is 8. The van der Waals surface area contributed by atoms with E-state index in [-0.39, 0.29) is 12.0 Å². The number of esters is 1. The summed E-state index contributed by atoms with van der Waals surface area (Å²) >= 11 is 0. The fraction of sp³-hybridized carbons (Fsp3) is 0.611. The van der Waals surface area contributed by atoms with E-state index >= 15 is 0 Å². The summed E-state index contributed by atoms with van der Waals surface area (Å²) in [5, 5.41) is 0. The Hall–Kier alpha value is -1.39. The van der Waals surface area contributed by atoms with Crippen molar-refractivity contribution in [2.75, 3.05) is 34.2 Å². The minimum absolute atomic E-state index is 0.181. The number of hydrogen-bond donors (Lipinski definition) is 0. The van der Waals surface area contributed by atoms with Crippen molar-refractivity contribution in [1.82, 2.24) is 9.80 Å². The number of hydrogen-bond acceptors (Lipinski definition) is 4. The van der Waals surface area contributed by atoms with E-state index in [0.717, 1.165) is 25.1 Å². The molecule has 0 N–H and O–H groups in total. The van der Waals surface area contributed by atoms with E-state index in [2.05, 4.69) is 9.80 Å². The maximum atomic E-state index is 12.7. The van der Waals surface area contributed by atoms with Crippen LogP contribution in [0.5, 0.6) is 0 Å². The number of carbonyl (C=O) groups is 1. The fourth-order valence-electron chi connectivity index (χ4n) is 2.09. The molecule has 1 unspecified atom stereocenters. The maximum absolute atomic E-state index is 12.7. The molecule has 0 amide bonds. The first kappa shape index (κ1) is 18.7. The molecule has 0 saturated heterocycles. The first-order chi connectivity index (χ1) is 10.3. The first-order valence-corrected chi connectivity index (χ1v) is 7.89. The molecular formula is C18H30N2O2. The van der Waals surface area contributed by atoms with Crippen LogP contribution >= 0.6 is 0 Å². The van der Waals surface area contributed by atoms with Gasteiger partial charge in [-0.25, -0.2) is 4.79 Å². The number of benzene rings is 1. The van der Waals surface area contributed by atoms with E-state index in [0.29, 0.717) is 0 Å². The van der Waals surface area contributed by atoms with Crippen molar-refractivity contribution in [3.8, 4) is 0 Å². The van der Waals surface area contributed by atoms with E-state index in [1.54, 1.807) is 0 Å². The van der Waals surface area contributed by atoms with Gasteiger partial charge in [0.1, 0.15) is 11.6 Å². The molecule has 0 aliphatic heterocycles. The largest absolute Gasteiger partial charge is 0.458 e. The Labute approximate surface area is 135 Å². The molecule has 0 fully saturated rings. The SMILES string of the molecule is CCC(C)(C)OC(=O)C(c1ccccc1)N(C)CCN(C)C. The summed E-state index contributed by atoms with van der Waals surface area (Å²) in [6.07, 6.45) is 0.793. The van der Waals surface area contributed by atoms with Gasteiger partial charge in [-0.15, -0.1) is 0 Å². The van der Waals surface area contributed by atoms with Crippen molar-refractivity contribution < 1.29 is 9.53 Å². The minimum atomic E-state index is -0.438. The average molecular weight is 306 g/mol. The Morgan fingerprint density at radius 2 is 1.73 bits per heavy atom. The van der Waals surface area contributed by atoms with Crippen LogP contribution in [0.1, 0.15) is 38.8 Å². The lowest BCUT2D eigenvalue weighted by Gasteiger charge is -2.31. The topological polar surface area (TPSA) is 32.8 Å². The molecule has 0 radical (unpaired) electrons. The minimum Gasteiger partial charge on any atom is -0.458 e. The Kier molecular flexibility index (Phi) is 7.04. The highest BCUT2D eigenvalue weighted by Crippen LogP contribution is 2.24. The lowest BCUT2D eigenvalue weighted by Crippen LogP contribution is -2.39. The number of ether oxygens (including phenoxy) is 1. The zero-order valence-electron chi connectivity index (χ0n) is 14.8. The third-order valence-corrected chi connectivity index (χ3v) is 3.91. The van der Waals surface area contributed by atoms with Gasteiger partial charge in [-0.1, -0.05) is 37.3 Å². The van der Waals surface area contributed by atoms with Crippen LogP contribution in [0.15, 0.2) is 30.3 Å². The molecule has 0 bridgehead atoms. The summed E-state index contributed by atoms with van der Waals surface area (Å²) in [6.45, 7) is 7.62. The van der Waals surface area contributed by atoms with Crippen molar-refractivity contribution in [1.29, 1.82) is 0 Å². The van der Waals surface area contributed by atoms with Crippen LogP contribution in [0.25, 0.3) is 0 Å². The third kappa shape index (κ3) is 5.78. The summed E-state index contributed by atoms with van der Waals surface area (Å²) in [5.41, 5.74) is 0.535. The van der Waals surface area contributed by atoms with Crippen molar-refractivity contribution in [2.24, 2.45) is 0 Å². The quantitative estimate of drug-likeness (QED) is 0.691. The second-order valence-electron chi connectivity index (χ2n) is 6.63. The second-order valence-corrected chi connectivity index (χ2v) is 6.63. The van der Waals surface area contributed by atoms with Gasteiger partial charge >= 0.3 is 5.97 Å². The van der Waals surface area contributed by atoms with Gasteiger partial charge in [0.2, 0.25) is 0 Å². The summed E-state index contributed by atoms with van der Waals surface area (Å²) in [7, 11) is 6.04. The summed E-state index contributed by atoms with van der Waals surface area (Å²) in [5.74, 6) is -0.181. The number of likely N-dealkylation sites (N-methyl/N-ethyl adjacent to an activating group) is 2. The van der Waals surface area contributed by atoms with Gasteiger partial charge in [0, 0.05) is 13.1 Å². The number of carbonyl (C=O) groups excluding carboxylic acids is 1. The molecule has 1 aromatic carbocycles. The van der Waals surface area contributed by atoms with Crippen LogP contribution in [-0.2, 0) is 9.53 Å². The highest BCUT2D eigenvalue weighted by molar-refractivity contribution is 5.78. The van der Waals surface area contributed by atoms with Gasteiger partial charge in [-0.2, -0.15) is 0 Å². The molecular weight excluding hydrogens is 276 g/mol. The lowest BCUT2D eigenvalue weighted by atomic mass is 10.0. The molecule has 1 atom stereocenters. The zero-order valence-corrected chi connectivity index (χ0v) is 14.8. The monoisotopic (exact) mass is 306 g/mol. The van der Waals surface area contributed by atoms with Crippen LogP contribution in [0.2, 0.25) is 0 Å². The molecule has 0 saturated carbocycles. The second kappa shape index (κ2) is 8.30. The van der Waals surface area contributed by atoms with Crippen LogP contribution < -0.4 is 0 Å². The lowest BCUT2D eigenvalue weighted by molar-refractivity contribution is -0.163. The number of nitrogens with zero attached hydrogens (tertiary/aromatic N) is 2. The standard InChI is InChI=1S/C18H30N2O2/c1-7-18(2,3)22-17(21)16(15-11-9-8-10-12-15)20(6)14-13-19(4)5/h8-12,16H,7,13-14H2,1-6H3. The van der Waals surface area contributed by atoms with E-state index in [1.807, 2.05) is 72.2 Å². The van der Waals surface area contributed by atoms with Gasteiger partial charge in [-0.05, 0) is 47.0 Å². The first-order valence-electron chi connectivity index (χ1n) is 7.89. The third-order valence-electron chi connectivity index (χ3n) is 3.91. The van der Waals surface area contributed by atoms with E-state index < -0.39 is 5.60 Å². The fourth-order valence-corrected chi connectivity index (χ4v) is 2.09. The molecule has 0 aromatic heterocycles. The Morgan fingerprint density at radius 1 is 1.14 bits per heavy atom. The highest BCUT2D eigenvalue weighted by atomic mass is 16.6. The van der Waals surface area contributed by atoms with Gasteiger partial charge in [0.05, 0.1) is 0 Å². The Bertz CT molecular complexity index is 457. The average Bonchev–Trinajstić information content (AvgIpc) is 2.46. The van der Waals surface area contributed by atoms with E-state index in [4.69, 9.17) is 4.74 Å². The smallest absolute Gasteiger partial charge is 0.328 e. The predicted molar refractivity (Wildman–Crippen MR) is 90.8 cm³/mol. The van der Waals surface area contributed by atoms with E-state index in [9.17, 15) is 4.79 Å². The van der Waals surface area contributed by atoms with Crippen LogP contribution in [0, 0.1) is 0 Å². The predicted octanol–water partition coefficient (Wildman–Crippen LogP) is 2.95. The Morgan fingerprint density at radius 3 is 2.23 bits per heavy atom. The molecule has 0 heterocycles.